The van der Waals surface area contributed by atoms with Crippen molar-refractivity contribution in [3.8, 4) is 0 Å². The Balaban J connectivity index is 1.46. The Morgan fingerprint density at radius 1 is 1.32 bits per heavy atom. The summed E-state index contributed by atoms with van der Waals surface area (Å²) in [7, 11) is 3.80. The molecule has 2 aromatic heterocycles. The second kappa shape index (κ2) is 7.07. The van der Waals surface area contributed by atoms with Crippen molar-refractivity contribution in [3.05, 3.63) is 35.9 Å². The largest absolute Gasteiger partial charge is 0.378 e. The molecule has 3 heterocycles. The van der Waals surface area contributed by atoms with E-state index in [4.69, 9.17) is 4.74 Å². The Hall–Kier alpha value is -1.66. The van der Waals surface area contributed by atoms with E-state index >= 15 is 0 Å². The normalized spacial score (nSPS) is 17.2. The van der Waals surface area contributed by atoms with Crippen molar-refractivity contribution >= 4 is 0 Å². The van der Waals surface area contributed by atoms with Crippen LogP contribution in [0.3, 0.4) is 0 Å². The molecule has 0 amide bonds. The summed E-state index contributed by atoms with van der Waals surface area (Å²) in [6, 6.07) is 4.32. The highest BCUT2D eigenvalue weighted by Gasteiger charge is 2.20. The van der Waals surface area contributed by atoms with Gasteiger partial charge in [0, 0.05) is 39.1 Å². The van der Waals surface area contributed by atoms with Gasteiger partial charge in [0.05, 0.1) is 12.8 Å². The third-order valence-electron chi connectivity index (χ3n) is 4.47. The van der Waals surface area contributed by atoms with Gasteiger partial charge in [0.1, 0.15) is 5.69 Å². The van der Waals surface area contributed by atoms with Gasteiger partial charge in [-0.3, -0.25) is 9.58 Å². The molecule has 0 bridgehead atoms. The zero-order valence-electron chi connectivity index (χ0n) is 13.5. The average molecular weight is 303 g/mol. The lowest BCUT2D eigenvalue weighted by molar-refractivity contribution is 0.161. The fourth-order valence-corrected chi connectivity index (χ4v) is 3.12. The highest BCUT2D eigenvalue weighted by molar-refractivity contribution is 5.06. The maximum Gasteiger partial charge on any atom is 0.108 e. The number of rotatable bonds is 6. The lowest BCUT2D eigenvalue weighted by Crippen LogP contribution is -2.35. The Morgan fingerprint density at radius 2 is 2.14 bits per heavy atom. The summed E-state index contributed by atoms with van der Waals surface area (Å²) in [6.07, 6.45) is 6.57. The van der Waals surface area contributed by atoms with Gasteiger partial charge in [0.25, 0.3) is 0 Å². The topological polar surface area (TPSA) is 48.1 Å². The number of hydrogen-bond acceptors (Lipinski definition) is 4. The van der Waals surface area contributed by atoms with E-state index in [1.165, 1.54) is 18.5 Å². The van der Waals surface area contributed by atoms with Gasteiger partial charge in [-0.25, -0.2) is 0 Å². The van der Waals surface area contributed by atoms with Gasteiger partial charge in [-0.15, -0.1) is 5.10 Å². The summed E-state index contributed by atoms with van der Waals surface area (Å²) in [5.41, 5.74) is 2.29. The van der Waals surface area contributed by atoms with Crippen LogP contribution >= 0.6 is 0 Å². The Labute approximate surface area is 131 Å². The number of likely N-dealkylation sites (tertiary alicyclic amines) is 1. The van der Waals surface area contributed by atoms with E-state index in [-0.39, 0.29) is 0 Å². The predicted octanol–water partition coefficient (Wildman–Crippen LogP) is 1.68. The SMILES string of the molecule is COCc1cn(CC2CCN(Cc3cccn3C)CC2)nn1. The van der Waals surface area contributed by atoms with Crippen molar-refractivity contribution in [2.75, 3.05) is 20.2 Å². The molecule has 1 saturated heterocycles. The molecule has 1 aliphatic rings. The van der Waals surface area contributed by atoms with Crippen molar-refractivity contribution in [1.82, 2.24) is 24.5 Å². The second-order valence-corrected chi connectivity index (χ2v) is 6.19. The molecule has 22 heavy (non-hydrogen) atoms. The summed E-state index contributed by atoms with van der Waals surface area (Å²) < 4.78 is 9.25. The molecular formula is C16H25N5O. The predicted molar refractivity (Wildman–Crippen MR) is 84.1 cm³/mol. The zero-order valence-corrected chi connectivity index (χ0v) is 13.5. The minimum absolute atomic E-state index is 0.537. The van der Waals surface area contributed by atoms with Crippen molar-refractivity contribution < 1.29 is 4.74 Å². The molecule has 0 aromatic carbocycles. The second-order valence-electron chi connectivity index (χ2n) is 6.19. The van der Waals surface area contributed by atoms with E-state index in [0.717, 1.165) is 31.9 Å². The molecule has 3 rings (SSSR count). The third-order valence-corrected chi connectivity index (χ3v) is 4.47. The van der Waals surface area contributed by atoms with Gasteiger partial charge in [-0.1, -0.05) is 5.21 Å². The number of hydrogen-bond donors (Lipinski definition) is 0. The number of methoxy groups -OCH3 is 1. The minimum Gasteiger partial charge on any atom is -0.378 e. The third kappa shape index (κ3) is 3.75. The van der Waals surface area contributed by atoms with Crippen LogP contribution in [0.5, 0.6) is 0 Å². The lowest BCUT2D eigenvalue weighted by Gasteiger charge is -2.31. The molecular weight excluding hydrogens is 278 g/mol. The Bertz CT molecular complexity index is 583. The van der Waals surface area contributed by atoms with E-state index in [1.54, 1.807) is 7.11 Å². The van der Waals surface area contributed by atoms with Crippen LogP contribution in [0.15, 0.2) is 24.5 Å². The van der Waals surface area contributed by atoms with Crippen LogP contribution in [-0.2, 0) is 31.5 Å². The number of aryl methyl sites for hydroxylation is 1. The van der Waals surface area contributed by atoms with Crippen molar-refractivity contribution in [1.29, 1.82) is 0 Å². The minimum atomic E-state index is 0.537. The van der Waals surface area contributed by atoms with Crippen LogP contribution in [0, 0.1) is 5.92 Å². The number of ether oxygens (including phenoxy) is 1. The van der Waals surface area contributed by atoms with Gasteiger partial charge in [0.15, 0.2) is 0 Å². The number of aromatic nitrogens is 4. The fraction of sp³-hybridized carbons (Fsp3) is 0.625. The molecule has 6 nitrogen and oxygen atoms in total. The molecule has 0 atom stereocenters. The molecule has 1 fully saturated rings. The molecule has 1 aliphatic heterocycles. The molecule has 0 radical (unpaired) electrons. The van der Waals surface area contributed by atoms with Crippen LogP contribution in [0.25, 0.3) is 0 Å². The Kier molecular flexibility index (Phi) is 4.90. The van der Waals surface area contributed by atoms with E-state index in [9.17, 15) is 0 Å². The van der Waals surface area contributed by atoms with E-state index in [1.807, 2.05) is 10.9 Å². The van der Waals surface area contributed by atoms with Crippen molar-refractivity contribution in [2.24, 2.45) is 13.0 Å². The van der Waals surface area contributed by atoms with Gasteiger partial charge in [-0.05, 0) is 44.0 Å². The van der Waals surface area contributed by atoms with Gasteiger partial charge in [-0.2, -0.15) is 0 Å². The maximum absolute atomic E-state index is 5.08. The van der Waals surface area contributed by atoms with Gasteiger partial charge in [0.2, 0.25) is 0 Å². The first-order valence-electron chi connectivity index (χ1n) is 7.95. The molecule has 0 N–H and O–H groups in total. The molecule has 6 heteroatoms. The smallest absolute Gasteiger partial charge is 0.108 e. The summed E-state index contributed by atoms with van der Waals surface area (Å²) in [4.78, 5) is 2.55. The highest BCUT2D eigenvalue weighted by Crippen LogP contribution is 2.20. The quantitative estimate of drug-likeness (QED) is 0.814. The fourth-order valence-electron chi connectivity index (χ4n) is 3.12. The summed E-state index contributed by atoms with van der Waals surface area (Å²) in [6.45, 7) is 4.88. The first-order valence-corrected chi connectivity index (χ1v) is 7.95. The molecule has 0 saturated carbocycles. The van der Waals surface area contributed by atoms with Crippen LogP contribution in [0.2, 0.25) is 0 Å². The zero-order chi connectivity index (χ0) is 15.4. The van der Waals surface area contributed by atoms with Crippen LogP contribution < -0.4 is 0 Å². The van der Waals surface area contributed by atoms with Crippen molar-refractivity contribution in [3.63, 3.8) is 0 Å². The van der Waals surface area contributed by atoms with Crippen molar-refractivity contribution in [2.45, 2.75) is 32.5 Å². The number of piperidine rings is 1. The van der Waals surface area contributed by atoms with Gasteiger partial charge < -0.3 is 9.30 Å². The van der Waals surface area contributed by atoms with Crippen LogP contribution in [-0.4, -0.2) is 44.7 Å². The average Bonchev–Trinajstić information content (AvgIpc) is 3.12. The van der Waals surface area contributed by atoms with Crippen LogP contribution in [0.1, 0.15) is 24.2 Å². The molecule has 0 spiro atoms. The summed E-state index contributed by atoms with van der Waals surface area (Å²) in [5, 5.41) is 8.31. The first-order chi connectivity index (χ1) is 10.7. The standard InChI is InChI=1S/C16H25N5O/c1-19-7-3-4-16(19)12-20-8-5-14(6-9-20)10-21-11-15(13-22-2)17-18-21/h3-4,7,11,14H,5-6,8-10,12-13H2,1-2H3. The van der Waals surface area contributed by atoms with E-state index in [2.05, 4.69) is 45.2 Å². The maximum atomic E-state index is 5.08. The lowest BCUT2D eigenvalue weighted by atomic mass is 9.97. The summed E-state index contributed by atoms with van der Waals surface area (Å²) >= 11 is 0. The number of nitrogens with zero attached hydrogens (tertiary/aromatic N) is 5. The summed E-state index contributed by atoms with van der Waals surface area (Å²) in [5.74, 6) is 0.696. The van der Waals surface area contributed by atoms with Crippen LogP contribution in [0.4, 0.5) is 0 Å². The molecule has 0 unspecified atom stereocenters. The first kappa shape index (κ1) is 15.2. The van der Waals surface area contributed by atoms with E-state index in [0.29, 0.717) is 12.5 Å². The Morgan fingerprint density at radius 3 is 2.82 bits per heavy atom. The van der Waals surface area contributed by atoms with E-state index < -0.39 is 0 Å². The monoisotopic (exact) mass is 303 g/mol. The molecule has 120 valence electrons. The molecule has 0 aliphatic carbocycles. The van der Waals surface area contributed by atoms with Gasteiger partial charge >= 0.3 is 0 Å². The highest BCUT2D eigenvalue weighted by atomic mass is 16.5. The molecule has 2 aromatic rings.